The first-order valence-corrected chi connectivity index (χ1v) is 11.4. The van der Waals surface area contributed by atoms with Gasteiger partial charge < -0.3 is 14.8 Å². The zero-order valence-corrected chi connectivity index (χ0v) is 19.2. The number of H-pyrrole nitrogens is 1. The maximum Gasteiger partial charge on any atom is 0.269 e. The number of carbonyl (C=O) groups is 2. The number of amides is 1. The lowest BCUT2D eigenvalue weighted by Gasteiger charge is -2.13. The number of thioether (sulfide) groups is 1. The van der Waals surface area contributed by atoms with Crippen LogP contribution in [0.1, 0.15) is 17.3 Å². The molecule has 0 saturated heterocycles. The van der Waals surface area contributed by atoms with Gasteiger partial charge in [0.05, 0.1) is 23.3 Å². The van der Waals surface area contributed by atoms with E-state index >= 15 is 0 Å². The maximum atomic E-state index is 13.1. The van der Waals surface area contributed by atoms with Gasteiger partial charge in [0.15, 0.2) is 28.1 Å². The summed E-state index contributed by atoms with van der Waals surface area (Å²) < 4.78 is 12.1. The molecule has 2 aromatic heterocycles. The minimum Gasteiger partial charge on any atom is -0.454 e. The molecule has 0 bridgehead atoms. The monoisotopic (exact) mass is 497 g/mol. The summed E-state index contributed by atoms with van der Waals surface area (Å²) in [6.07, 6.45) is 1.40. The molecule has 1 aliphatic heterocycles. The fourth-order valence-corrected chi connectivity index (χ4v) is 4.37. The highest BCUT2D eigenvalue weighted by Gasteiger charge is 2.21. The highest BCUT2D eigenvalue weighted by Crippen LogP contribution is 2.37. The van der Waals surface area contributed by atoms with Crippen LogP contribution < -0.4 is 20.3 Å². The van der Waals surface area contributed by atoms with E-state index in [2.05, 4.69) is 20.5 Å². The number of hydrogen-bond acceptors (Lipinski definition) is 8. The molecule has 0 radical (unpaired) electrons. The number of rotatable bonds is 6. The van der Waals surface area contributed by atoms with Crippen molar-refractivity contribution in [3.8, 4) is 17.2 Å². The third kappa shape index (κ3) is 4.11. The van der Waals surface area contributed by atoms with Crippen molar-refractivity contribution in [3.05, 3.63) is 63.5 Å². The van der Waals surface area contributed by atoms with Crippen LogP contribution in [0.5, 0.6) is 11.5 Å². The Morgan fingerprint density at radius 2 is 1.94 bits per heavy atom. The largest absolute Gasteiger partial charge is 0.454 e. The van der Waals surface area contributed by atoms with Crippen molar-refractivity contribution >= 4 is 51.8 Å². The number of nitrogens with zero attached hydrogens (tertiary/aromatic N) is 3. The van der Waals surface area contributed by atoms with Crippen LogP contribution in [0.3, 0.4) is 0 Å². The number of Topliss-reactive ketones (excluding diaryl/α,β-unsaturated/α-hetero) is 1. The number of halogens is 1. The van der Waals surface area contributed by atoms with Crippen LogP contribution in [0, 0.1) is 0 Å². The number of ether oxygens (including phenoxy) is 2. The molecule has 0 saturated carbocycles. The third-order valence-electron chi connectivity index (χ3n) is 5.03. The Labute approximate surface area is 201 Å². The van der Waals surface area contributed by atoms with Crippen LogP contribution in [-0.4, -0.2) is 44.0 Å². The lowest BCUT2D eigenvalue weighted by atomic mass is 10.1. The Kier molecular flexibility index (Phi) is 5.72. The molecule has 0 unspecified atom stereocenters. The van der Waals surface area contributed by atoms with Gasteiger partial charge in [-0.3, -0.25) is 24.0 Å². The Morgan fingerprint density at radius 1 is 1.21 bits per heavy atom. The van der Waals surface area contributed by atoms with E-state index in [1.807, 2.05) is 0 Å². The number of benzene rings is 2. The topological polar surface area (TPSA) is 128 Å². The molecule has 3 heterocycles. The molecule has 2 aromatic carbocycles. The van der Waals surface area contributed by atoms with E-state index in [1.165, 1.54) is 17.7 Å². The van der Waals surface area contributed by atoms with E-state index < -0.39 is 5.91 Å². The van der Waals surface area contributed by atoms with Gasteiger partial charge in [-0.15, -0.1) is 0 Å². The lowest BCUT2D eigenvalue weighted by molar-refractivity contribution is -0.113. The normalized spacial score (nSPS) is 12.2. The van der Waals surface area contributed by atoms with Crippen molar-refractivity contribution in [1.29, 1.82) is 0 Å². The first kappa shape index (κ1) is 22.0. The SMILES string of the molecule is CC(=O)c1cc2c(cc1NC(=O)CSc1nc3[nH]ncc3c(=O)n1-c1ccc(Cl)cc1)OCO2. The summed E-state index contributed by atoms with van der Waals surface area (Å²) >= 11 is 7.05. The second kappa shape index (κ2) is 8.84. The summed E-state index contributed by atoms with van der Waals surface area (Å²) in [4.78, 5) is 42.4. The summed E-state index contributed by atoms with van der Waals surface area (Å²) in [6, 6.07) is 9.79. The summed E-state index contributed by atoms with van der Waals surface area (Å²) in [5.41, 5.74) is 1.14. The first-order valence-electron chi connectivity index (χ1n) is 10.00. The van der Waals surface area contributed by atoms with Crippen LogP contribution in [-0.2, 0) is 4.79 Å². The van der Waals surface area contributed by atoms with Gasteiger partial charge in [0.2, 0.25) is 12.7 Å². The highest BCUT2D eigenvalue weighted by atomic mass is 35.5. The van der Waals surface area contributed by atoms with E-state index in [0.717, 1.165) is 11.8 Å². The molecule has 0 spiro atoms. The van der Waals surface area contributed by atoms with Crippen molar-refractivity contribution in [1.82, 2.24) is 19.7 Å². The molecular weight excluding hydrogens is 482 g/mol. The van der Waals surface area contributed by atoms with Crippen LogP contribution in [0.4, 0.5) is 5.69 Å². The number of nitrogens with one attached hydrogen (secondary N) is 2. The average molecular weight is 498 g/mol. The van der Waals surface area contributed by atoms with Crippen LogP contribution in [0.2, 0.25) is 5.02 Å². The predicted molar refractivity (Wildman–Crippen MR) is 126 cm³/mol. The van der Waals surface area contributed by atoms with Crippen molar-refractivity contribution in [2.45, 2.75) is 12.1 Å². The van der Waals surface area contributed by atoms with E-state index in [4.69, 9.17) is 21.1 Å². The summed E-state index contributed by atoms with van der Waals surface area (Å²) in [5.74, 6) is 0.181. The number of aromatic amines is 1. The van der Waals surface area contributed by atoms with E-state index in [-0.39, 0.29) is 29.0 Å². The molecule has 1 amide bonds. The van der Waals surface area contributed by atoms with Crippen LogP contribution in [0.15, 0.2) is 52.5 Å². The van der Waals surface area contributed by atoms with Crippen LogP contribution >= 0.6 is 23.4 Å². The van der Waals surface area contributed by atoms with Gasteiger partial charge in [-0.25, -0.2) is 4.98 Å². The van der Waals surface area contributed by atoms with E-state index in [0.29, 0.717) is 44.5 Å². The molecule has 1 aliphatic rings. The van der Waals surface area contributed by atoms with Crippen molar-refractivity contribution in [3.63, 3.8) is 0 Å². The maximum absolute atomic E-state index is 13.1. The minimum atomic E-state index is -0.395. The molecule has 0 aliphatic carbocycles. The number of ketones is 1. The number of aromatic nitrogens is 4. The lowest BCUT2D eigenvalue weighted by Crippen LogP contribution is -2.22. The second-order valence-electron chi connectivity index (χ2n) is 7.29. The molecule has 172 valence electrons. The Balaban J connectivity index is 1.43. The average Bonchev–Trinajstić information content (AvgIpc) is 3.47. The molecule has 4 aromatic rings. The number of hydrogen-bond donors (Lipinski definition) is 2. The summed E-state index contributed by atoms with van der Waals surface area (Å²) in [5, 5.41) is 10.4. The molecule has 2 N–H and O–H groups in total. The van der Waals surface area contributed by atoms with Gasteiger partial charge in [0.25, 0.3) is 5.56 Å². The molecule has 0 fully saturated rings. The summed E-state index contributed by atoms with van der Waals surface area (Å²) in [6.45, 7) is 1.44. The van der Waals surface area contributed by atoms with Crippen molar-refractivity contribution < 1.29 is 19.1 Å². The Morgan fingerprint density at radius 3 is 2.68 bits per heavy atom. The number of carbonyl (C=O) groups excluding carboxylic acids is 2. The quantitative estimate of drug-likeness (QED) is 0.235. The second-order valence-corrected chi connectivity index (χ2v) is 8.67. The zero-order chi connectivity index (χ0) is 23.8. The zero-order valence-electron chi connectivity index (χ0n) is 17.6. The van der Waals surface area contributed by atoms with Gasteiger partial charge >= 0.3 is 0 Å². The summed E-state index contributed by atoms with van der Waals surface area (Å²) in [7, 11) is 0. The van der Waals surface area contributed by atoms with Gasteiger partial charge in [0.1, 0.15) is 5.39 Å². The number of fused-ring (bicyclic) bond motifs is 2. The number of anilines is 1. The van der Waals surface area contributed by atoms with E-state index in [9.17, 15) is 14.4 Å². The fraction of sp³-hybridized carbons (Fsp3) is 0.136. The molecule has 34 heavy (non-hydrogen) atoms. The molecule has 10 nitrogen and oxygen atoms in total. The minimum absolute atomic E-state index is 0.0455. The first-order chi connectivity index (χ1) is 16.4. The van der Waals surface area contributed by atoms with Gasteiger partial charge in [-0.05, 0) is 37.3 Å². The molecule has 12 heteroatoms. The van der Waals surface area contributed by atoms with Crippen LogP contribution in [0.25, 0.3) is 16.7 Å². The smallest absolute Gasteiger partial charge is 0.269 e. The highest BCUT2D eigenvalue weighted by molar-refractivity contribution is 7.99. The third-order valence-corrected chi connectivity index (χ3v) is 6.23. The fourth-order valence-electron chi connectivity index (χ4n) is 3.44. The Hall–Kier alpha value is -3.83. The van der Waals surface area contributed by atoms with E-state index in [1.54, 1.807) is 36.4 Å². The van der Waals surface area contributed by atoms with Gasteiger partial charge in [-0.2, -0.15) is 5.10 Å². The molecule has 5 rings (SSSR count). The predicted octanol–water partition coefficient (Wildman–Crippen LogP) is 3.42. The molecular formula is C22H16ClN5O5S. The van der Waals surface area contributed by atoms with Crippen molar-refractivity contribution in [2.75, 3.05) is 17.9 Å². The standard InChI is InChI=1S/C22H16ClN5O5S/c1-11(29)14-6-17-18(33-10-32-17)7-16(14)25-19(30)9-34-22-26-20-15(8-24-27-20)21(31)28(22)13-4-2-12(23)3-5-13/h2-8H,9-10H2,1H3,(H,24,27)(H,25,30). The van der Waals surface area contributed by atoms with Gasteiger partial charge in [-0.1, -0.05) is 23.4 Å². The van der Waals surface area contributed by atoms with Gasteiger partial charge in [0, 0.05) is 16.7 Å². The van der Waals surface area contributed by atoms with Crippen molar-refractivity contribution in [2.24, 2.45) is 0 Å². The Bertz CT molecular complexity index is 1500. The molecule has 0 atom stereocenters.